The average molecular weight is 312 g/mol. The first kappa shape index (κ1) is 17.9. The SMILES string of the molecule is NC(=O)CN(C(=O)OCc1ccccc1)C(CO)(CO)CO. The van der Waals surface area contributed by atoms with Crippen LogP contribution in [0.4, 0.5) is 4.79 Å². The van der Waals surface area contributed by atoms with Crippen molar-refractivity contribution in [2.24, 2.45) is 5.73 Å². The third-order valence-corrected chi connectivity index (χ3v) is 3.20. The molecule has 122 valence electrons. The Morgan fingerprint density at radius 3 is 2.09 bits per heavy atom. The molecule has 0 aromatic heterocycles. The highest BCUT2D eigenvalue weighted by molar-refractivity contribution is 5.81. The van der Waals surface area contributed by atoms with Crippen molar-refractivity contribution in [1.82, 2.24) is 4.90 Å². The number of primary amides is 1. The molecule has 0 unspecified atom stereocenters. The molecule has 0 heterocycles. The van der Waals surface area contributed by atoms with E-state index in [1.54, 1.807) is 30.3 Å². The summed E-state index contributed by atoms with van der Waals surface area (Å²) < 4.78 is 5.05. The molecule has 8 heteroatoms. The molecule has 1 rings (SSSR count). The number of hydrogen-bond acceptors (Lipinski definition) is 6. The molecule has 0 aliphatic heterocycles. The van der Waals surface area contributed by atoms with Crippen molar-refractivity contribution in [2.45, 2.75) is 12.1 Å². The number of carbonyl (C=O) groups is 2. The topological polar surface area (TPSA) is 133 Å². The van der Waals surface area contributed by atoms with Gasteiger partial charge in [0, 0.05) is 0 Å². The van der Waals surface area contributed by atoms with Crippen LogP contribution in [0.3, 0.4) is 0 Å². The Balaban J connectivity index is 2.86. The maximum atomic E-state index is 12.1. The van der Waals surface area contributed by atoms with E-state index >= 15 is 0 Å². The van der Waals surface area contributed by atoms with Gasteiger partial charge in [-0.3, -0.25) is 9.69 Å². The zero-order valence-electron chi connectivity index (χ0n) is 12.0. The molecule has 0 spiro atoms. The van der Waals surface area contributed by atoms with Crippen LogP contribution in [0.25, 0.3) is 0 Å². The molecular formula is C14H20N2O6. The highest BCUT2D eigenvalue weighted by Gasteiger charge is 2.40. The number of amides is 2. The van der Waals surface area contributed by atoms with Crippen LogP contribution in [0.5, 0.6) is 0 Å². The summed E-state index contributed by atoms with van der Waals surface area (Å²) in [4.78, 5) is 24.0. The smallest absolute Gasteiger partial charge is 0.411 e. The molecule has 5 N–H and O–H groups in total. The van der Waals surface area contributed by atoms with Crippen molar-refractivity contribution in [1.29, 1.82) is 0 Å². The van der Waals surface area contributed by atoms with Gasteiger partial charge in [-0.2, -0.15) is 0 Å². The zero-order chi connectivity index (χ0) is 16.6. The molecule has 0 saturated heterocycles. The monoisotopic (exact) mass is 312 g/mol. The molecular weight excluding hydrogens is 292 g/mol. The minimum absolute atomic E-state index is 0.0622. The number of nitrogens with zero attached hydrogens (tertiary/aromatic N) is 1. The highest BCUT2D eigenvalue weighted by atomic mass is 16.6. The van der Waals surface area contributed by atoms with Crippen molar-refractivity contribution in [3.05, 3.63) is 35.9 Å². The fraction of sp³-hybridized carbons (Fsp3) is 0.429. The normalized spacial score (nSPS) is 11.0. The van der Waals surface area contributed by atoms with E-state index in [1.807, 2.05) is 0 Å². The lowest BCUT2D eigenvalue weighted by Gasteiger charge is -2.38. The summed E-state index contributed by atoms with van der Waals surface area (Å²) >= 11 is 0. The Morgan fingerprint density at radius 1 is 1.09 bits per heavy atom. The zero-order valence-corrected chi connectivity index (χ0v) is 12.0. The number of aliphatic hydroxyl groups excluding tert-OH is 3. The molecule has 1 aromatic carbocycles. The molecule has 0 atom stereocenters. The Kier molecular flexibility index (Phi) is 6.77. The highest BCUT2D eigenvalue weighted by Crippen LogP contribution is 2.16. The second-order valence-electron chi connectivity index (χ2n) is 4.79. The van der Waals surface area contributed by atoms with E-state index in [1.165, 1.54) is 0 Å². The summed E-state index contributed by atoms with van der Waals surface area (Å²) in [6.07, 6.45) is -0.972. The van der Waals surface area contributed by atoms with Gasteiger partial charge in [-0.05, 0) is 5.56 Å². The second-order valence-corrected chi connectivity index (χ2v) is 4.79. The molecule has 0 bridgehead atoms. The molecule has 0 fully saturated rings. The van der Waals surface area contributed by atoms with Gasteiger partial charge >= 0.3 is 6.09 Å². The van der Waals surface area contributed by atoms with Gasteiger partial charge in [-0.15, -0.1) is 0 Å². The van der Waals surface area contributed by atoms with Gasteiger partial charge in [-0.25, -0.2) is 4.79 Å². The number of aliphatic hydroxyl groups is 3. The van der Waals surface area contributed by atoms with Gasteiger partial charge in [0.15, 0.2) is 0 Å². The van der Waals surface area contributed by atoms with E-state index in [0.717, 1.165) is 10.5 Å². The van der Waals surface area contributed by atoms with Gasteiger partial charge in [0.1, 0.15) is 18.7 Å². The fourth-order valence-corrected chi connectivity index (χ4v) is 1.79. The largest absolute Gasteiger partial charge is 0.445 e. The molecule has 0 radical (unpaired) electrons. The van der Waals surface area contributed by atoms with Crippen LogP contribution in [0.15, 0.2) is 30.3 Å². The van der Waals surface area contributed by atoms with Crippen molar-refractivity contribution >= 4 is 12.0 Å². The predicted octanol–water partition coefficient (Wildman–Crippen LogP) is -1.17. The molecule has 0 saturated carbocycles. The summed E-state index contributed by atoms with van der Waals surface area (Å²) in [7, 11) is 0. The summed E-state index contributed by atoms with van der Waals surface area (Å²) in [6.45, 7) is -2.93. The first-order chi connectivity index (χ1) is 10.5. The average Bonchev–Trinajstić information content (AvgIpc) is 2.54. The number of carbonyl (C=O) groups excluding carboxylic acids is 2. The first-order valence-electron chi connectivity index (χ1n) is 6.58. The van der Waals surface area contributed by atoms with Gasteiger partial charge in [0.25, 0.3) is 0 Å². The Labute approximate surface area is 127 Å². The molecule has 2 amide bonds. The first-order valence-corrected chi connectivity index (χ1v) is 6.58. The molecule has 0 aliphatic rings. The lowest BCUT2D eigenvalue weighted by Crippen LogP contribution is -2.61. The summed E-state index contributed by atoms with van der Waals surface area (Å²) in [5.74, 6) is -0.864. The minimum Gasteiger partial charge on any atom is -0.445 e. The molecule has 22 heavy (non-hydrogen) atoms. The van der Waals surface area contributed by atoms with Crippen LogP contribution in [0.1, 0.15) is 5.56 Å². The lowest BCUT2D eigenvalue weighted by molar-refractivity contribution is -0.122. The van der Waals surface area contributed by atoms with E-state index in [4.69, 9.17) is 10.5 Å². The minimum atomic E-state index is -1.73. The van der Waals surface area contributed by atoms with E-state index in [2.05, 4.69) is 0 Å². The van der Waals surface area contributed by atoms with E-state index in [0.29, 0.717) is 0 Å². The summed E-state index contributed by atoms with van der Waals surface area (Å²) in [6, 6.07) is 8.82. The number of ether oxygens (including phenoxy) is 1. The summed E-state index contributed by atoms with van der Waals surface area (Å²) in [5, 5.41) is 28.1. The van der Waals surface area contributed by atoms with Crippen LogP contribution in [0, 0.1) is 0 Å². The second kappa shape index (κ2) is 8.32. The third kappa shape index (κ3) is 4.42. The van der Waals surface area contributed by atoms with Gasteiger partial charge in [0.2, 0.25) is 5.91 Å². The van der Waals surface area contributed by atoms with E-state index in [-0.39, 0.29) is 6.61 Å². The molecule has 1 aromatic rings. The van der Waals surface area contributed by atoms with Crippen LogP contribution in [0.2, 0.25) is 0 Å². The molecule has 8 nitrogen and oxygen atoms in total. The van der Waals surface area contributed by atoms with Crippen molar-refractivity contribution in [2.75, 3.05) is 26.4 Å². The van der Waals surface area contributed by atoms with Gasteiger partial charge < -0.3 is 25.8 Å². The van der Waals surface area contributed by atoms with Crippen molar-refractivity contribution in [3.63, 3.8) is 0 Å². The van der Waals surface area contributed by atoms with Crippen molar-refractivity contribution < 1.29 is 29.6 Å². The van der Waals surface area contributed by atoms with Crippen LogP contribution in [-0.2, 0) is 16.1 Å². The maximum Gasteiger partial charge on any atom is 0.411 e. The fourth-order valence-electron chi connectivity index (χ4n) is 1.79. The summed E-state index contributed by atoms with van der Waals surface area (Å²) in [5.41, 5.74) is 4.05. The van der Waals surface area contributed by atoms with Gasteiger partial charge in [-0.1, -0.05) is 30.3 Å². The Morgan fingerprint density at radius 2 is 1.64 bits per heavy atom. The lowest BCUT2D eigenvalue weighted by atomic mass is 10.0. The number of benzene rings is 1. The standard InChI is InChI=1S/C14H20N2O6/c15-12(20)6-16(14(8-17,9-18)10-19)13(21)22-7-11-4-2-1-3-5-11/h1-5,17-19H,6-10H2,(H2,15,20). The number of hydrogen-bond donors (Lipinski definition) is 4. The Hall–Kier alpha value is -2.16. The van der Waals surface area contributed by atoms with E-state index < -0.39 is 43.9 Å². The third-order valence-electron chi connectivity index (χ3n) is 3.20. The Bertz CT molecular complexity index is 481. The van der Waals surface area contributed by atoms with Crippen LogP contribution >= 0.6 is 0 Å². The van der Waals surface area contributed by atoms with Crippen molar-refractivity contribution in [3.8, 4) is 0 Å². The number of nitrogens with two attached hydrogens (primary N) is 1. The van der Waals surface area contributed by atoms with Crippen LogP contribution in [-0.4, -0.2) is 64.1 Å². The predicted molar refractivity (Wildman–Crippen MR) is 76.5 cm³/mol. The van der Waals surface area contributed by atoms with E-state index in [9.17, 15) is 24.9 Å². The molecule has 0 aliphatic carbocycles. The van der Waals surface area contributed by atoms with Gasteiger partial charge in [0.05, 0.1) is 19.8 Å². The van der Waals surface area contributed by atoms with Crippen LogP contribution < -0.4 is 5.73 Å². The quantitative estimate of drug-likeness (QED) is 0.478. The number of rotatable bonds is 8. The maximum absolute atomic E-state index is 12.1.